The third-order valence-electron chi connectivity index (χ3n) is 4.93. The summed E-state index contributed by atoms with van der Waals surface area (Å²) in [4.78, 5) is 28.0. The van der Waals surface area contributed by atoms with Crippen LogP contribution in [0.3, 0.4) is 0 Å². The van der Waals surface area contributed by atoms with Crippen LogP contribution in [0.2, 0.25) is 0 Å². The molecule has 2 N–H and O–H groups in total. The van der Waals surface area contributed by atoms with Gasteiger partial charge in [0.05, 0.1) is 13.2 Å². The summed E-state index contributed by atoms with van der Waals surface area (Å²) in [5.74, 6) is 0.312. The SMILES string of the molecule is CCCCOc1ccc(C(=O)NCC(=O)NCCN2CCc3sccc3C2)cc1. The Morgan fingerprint density at radius 2 is 2.00 bits per heavy atom. The average Bonchev–Trinajstić information content (AvgIpc) is 3.20. The Hall–Kier alpha value is -2.38. The van der Waals surface area contributed by atoms with Crippen molar-refractivity contribution in [2.75, 3.05) is 32.8 Å². The van der Waals surface area contributed by atoms with Gasteiger partial charge in [0.1, 0.15) is 5.75 Å². The van der Waals surface area contributed by atoms with E-state index in [0.717, 1.165) is 44.6 Å². The molecule has 0 bridgehead atoms. The quantitative estimate of drug-likeness (QED) is 0.586. The molecule has 1 aromatic carbocycles. The lowest BCUT2D eigenvalue weighted by molar-refractivity contribution is -0.120. The second-order valence-electron chi connectivity index (χ2n) is 7.15. The van der Waals surface area contributed by atoms with Crippen molar-refractivity contribution in [2.45, 2.75) is 32.7 Å². The predicted octanol–water partition coefficient (Wildman–Crippen LogP) is 2.83. The Labute approximate surface area is 176 Å². The minimum atomic E-state index is -0.263. The number of carbonyl (C=O) groups excluding carboxylic acids is 2. The van der Waals surface area contributed by atoms with E-state index in [2.05, 4.69) is 33.9 Å². The zero-order chi connectivity index (χ0) is 20.5. The van der Waals surface area contributed by atoms with Gasteiger partial charge >= 0.3 is 0 Å². The molecule has 0 saturated carbocycles. The number of fused-ring (bicyclic) bond motifs is 1. The van der Waals surface area contributed by atoms with E-state index in [1.807, 2.05) is 11.3 Å². The summed E-state index contributed by atoms with van der Waals surface area (Å²) in [5, 5.41) is 7.69. The van der Waals surface area contributed by atoms with Gasteiger partial charge in [0.25, 0.3) is 5.91 Å². The van der Waals surface area contributed by atoms with Crippen molar-refractivity contribution in [2.24, 2.45) is 0 Å². The van der Waals surface area contributed by atoms with E-state index in [4.69, 9.17) is 4.74 Å². The van der Waals surface area contributed by atoms with Crippen LogP contribution < -0.4 is 15.4 Å². The van der Waals surface area contributed by atoms with Crippen LogP contribution >= 0.6 is 11.3 Å². The number of carbonyl (C=O) groups is 2. The molecule has 0 atom stereocenters. The molecule has 0 saturated heterocycles. The first-order valence-electron chi connectivity index (χ1n) is 10.2. The Balaban J connectivity index is 1.32. The molecule has 29 heavy (non-hydrogen) atoms. The van der Waals surface area contributed by atoms with Crippen LogP contribution in [-0.4, -0.2) is 49.5 Å². The van der Waals surface area contributed by atoms with Crippen LogP contribution in [0, 0.1) is 0 Å². The van der Waals surface area contributed by atoms with E-state index in [1.165, 1.54) is 10.4 Å². The highest BCUT2D eigenvalue weighted by molar-refractivity contribution is 7.10. The topological polar surface area (TPSA) is 70.7 Å². The number of hydrogen-bond donors (Lipinski definition) is 2. The molecule has 1 aliphatic rings. The molecule has 0 fully saturated rings. The molecular weight excluding hydrogens is 386 g/mol. The monoisotopic (exact) mass is 415 g/mol. The summed E-state index contributed by atoms with van der Waals surface area (Å²) in [5.41, 5.74) is 1.92. The molecule has 0 aliphatic carbocycles. The van der Waals surface area contributed by atoms with Gasteiger partial charge in [0, 0.05) is 36.6 Å². The van der Waals surface area contributed by atoms with Crippen LogP contribution in [0.25, 0.3) is 0 Å². The van der Waals surface area contributed by atoms with Gasteiger partial charge in [0.15, 0.2) is 0 Å². The molecule has 0 radical (unpaired) electrons. The van der Waals surface area contributed by atoms with Crippen LogP contribution in [0.15, 0.2) is 35.7 Å². The number of unbranched alkanes of at least 4 members (excludes halogenated alkanes) is 1. The normalized spacial score (nSPS) is 13.6. The molecule has 1 aromatic heterocycles. The van der Waals surface area contributed by atoms with Gasteiger partial charge in [0.2, 0.25) is 5.91 Å². The third kappa shape index (κ3) is 6.58. The van der Waals surface area contributed by atoms with Crippen molar-refractivity contribution < 1.29 is 14.3 Å². The van der Waals surface area contributed by atoms with Crippen LogP contribution in [0.5, 0.6) is 5.75 Å². The van der Waals surface area contributed by atoms with Gasteiger partial charge < -0.3 is 15.4 Å². The Kier molecular flexibility index (Phi) is 8.07. The minimum absolute atomic E-state index is 0.0255. The summed E-state index contributed by atoms with van der Waals surface area (Å²) in [6, 6.07) is 9.17. The summed E-state index contributed by atoms with van der Waals surface area (Å²) in [6.07, 6.45) is 3.17. The van der Waals surface area contributed by atoms with Crippen molar-refractivity contribution in [3.63, 3.8) is 0 Å². The Bertz CT molecular complexity index is 804. The molecule has 2 heterocycles. The Morgan fingerprint density at radius 3 is 2.79 bits per heavy atom. The number of thiophene rings is 1. The van der Waals surface area contributed by atoms with E-state index >= 15 is 0 Å². The average molecular weight is 416 g/mol. The molecule has 3 rings (SSSR count). The number of ether oxygens (including phenoxy) is 1. The standard InChI is InChI=1S/C22H29N3O3S/c1-2-3-13-28-19-6-4-17(5-7-19)22(27)24-15-21(26)23-10-12-25-11-8-20-18(16-25)9-14-29-20/h4-7,9,14H,2-3,8,10-13,15-16H2,1H3,(H,23,26)(H,24,27). The fourth-order valence-corrected chi connectivity index (χ4v) is 4.10. The van der Waals surface area contributed by atoms with Gasteiger partial charge in [-0.05, 0) is 54.1 Å². The first-order valence-corrected chi connectivity index (χ1v) is 11.1. The first-order chi connectivity index (χ1) is 14.2. The summed E-state index contributed by atoms with van der Waals surface area (Å²) in [7, 11) is 0. The van der Waals surface area contributed by atoms with Gasteiger partial charge in [-0.15, -0.1) is 11.3 Å². The molecule has 156 valence electrons. The molecule has 1 aliphatic heterocycles. The van der Waals surface area contributed by atoms with Crippen LogP contribution in [0.4, 0.5) is 0 Å². The fourth-order valence-electron chi connectivity index (χ4n) is 3.21. The molecule has 0 spiro atoms. The predicted molar refractivity (Wildman–Crippen MR) is 115 cm³/mol. The first kappa shape index (κ1) is 21.3. The fraction of sp³-hybridized carbons (Fsp3) is 0.455. The van der Waals surface area contributed by atoms with Crippen LogP contribution in [0.1, 0.15) is 40.6 Å². The number of hydrogen-bond acceptors (Lipinski definition) is 5. The molecular formula is C22H29N3O3S. The smallest absolute Gasteiger partial charge is 0.251 e. The molecule has 2 amide bonds. The van der Waals surface area contributed by atoms with Crippen molar-refractivity contribution in [1.29, 1.82) is 0 Å². The van der Waals surface area contributed by atoms with E-state index in [9.17, 15) is 9.59 Å². The maximum absolute atomic E-state index is 12.2. The largest absolute Gasteiger partial charge is 0.494 e. The minimum Gasteiger partial charge on any atom is -0.494 e. The maximum Gasteiger partial charge on any atom is 0.251 e. The van der Waals surface area contributed by atoms with E-state index in [1.54, 1.807) is 24.3 Å². The summed E-state index contributed by atoms with van der Waals surface area (Å²) < 4.78 is 5.59. The van der Waals surface area contributed by atoms with Gasteiger partial charge in [-0.25, -0.2) is 0 Å². The highest BCUT2D eigenvalue weighted by Gasteiger charge is 2.16. The van der Waals surface area contributed by atoms with Crippen molar-refractivity contribution in [1.82, 2.24) is 15.5 Å². The highest BCUT2D eigenvalue weighted by Crippen LogP contribution is 2.23. The number of nitrogens with zero attached hydrogens (tertiary/aromatic N) is 1. The number of nitrogens with one attached hydrogen (secondary N) is 2. The number of amides is 2. The van der Waals surface area contributed by atoms with Crippen LogP contribution in [-0.2, 0) is 17.8 Å². The third-order valence-corrected chi connectivity index (χ3v) is 5.95. The lowest BCUT2D eigenvalue weighted by atomic mass is 10.1. The van der Waals surface area contributed by atoms with Gasteiger partial charge in [-0.3, -0.25) is 14.5 Å². The molecule has 7 heteroatoms. The number of benzene rings is 1. The second-order valence-corrected chi connectivity index (χ2v) is 8.15. The number of rotatable bonds is 10. The molecule has 6 nitrogen and oxygen atoms in total. The highest BCUT2D eigenvalue weighted by atomic mass is 32.1. The van der Waals surface area contributed by atoms with Crippen molar-refractivity contribution in [3.05, 3.63) is 51.7 Å². The van der Waals surface area contributed by atoms with Crippen molar-refractivity contribution >= 4 is 23.2 Å². The lowest BCUT2D eigenvalue weighted by Gasteiger charge is -2.26. The van der Waals surface area contributed by atoms with Gasteiger partial charge in [-0.1, -0.05) is 13.3 Å². The summed E-state index contributed by atoms with van der Waals surface area (Å²) in [6.45, 7) is 6.13. The zero-order valence-corrected chi connectivity index (χ0v) is 17.7. The summed E-state index contributed by atoms with van der Waals surface area (Å²) >= 11 is 1.82. The Morgan fingerprint density at radius 1 is 1.17 bits per heavy atom. The second kappa shape index (κ2) is 11.0. The van der Waals surface area contributed by atoms with E-state index in [-0.39, 0.29) is 18.4 Å². The van der Waals surface area contributed by atoms with E-state index < -0.39 is 0 Å². The zero-order valence-electron chi connectivity index (χ0n) is 16.9. The lowest BCUT2D eigenvalue weighted by Crippen LogP contribution is -2.41. The van der Waals surface area contributed by atoms with Gasteiger partial charge in [-0.2, -0.15) is 0 Å². The van der Waals surface area contributed by atoms with Crippen molar-refractivity contribution in [3.8, 4) is 5.75 Å². The molecule has 2 aromatic rings. The van der Waals surface area contributed by atoms with E-state index in [0.29, 0.717) is 18.7 Å². The molecule has 0 unspecified atom stereocenters. The maximum atomic E-state index is 12.2.